The molecule has 3 nitrogen and oxygen atoms in total. The maximum atomic E-state index is 12.0. The lowest BCUT2D eigenvalue weighted by Crippen LogP contribution is -2.44. The number of hydrogen-bond acceptors (Lipinski definition) is 2. The Bertz CT molecular complexity index is 360. The fraction of sp³-hybridized carbons (Fsp3) is 0.500. The lowest BCUT2D eigenvalue weighted by molar-refractivity contribution is -0.125. The molecule has 1 aromatic carbocycles. The molecule has 0 aromatic heterocycles. The largest absolute Gasteiger partial charge is 0.353 e. The Morgan fingerprint density at radius 3 is 2.59 bits per heavy atom. The summed E-state index contributed by atoms with van der Waals surface area (Å²) in [6.45, 7) is 0.410. The first kappa shape index (κ1) is 12.1. The SMILES string of the molecule is NCC(Cc1ccccc1)C(=O)NC1CCC1. The second kappa shape index (κ2) is 5.82. The van der Waals surface area contributed by atoms with Gasteiger partial charge in [-0.3, -0.25) is 4.79 Å². The number of rotatable bonds is 5. The van der Waals surface area contributed by atoms with Gasteiger partial charge < -0.3 is 11.1 Å². The molecule has 2 rings (SSSR count). The van der Waals surface area contributed by atoms with Crippen LogP contribution in [0.5, 0.6) is 0 Å². The minimum absolute atomic E-state index is 0.0991. The minimum atomic E-state index is -0.0991. The number of carbonyl (C=O) groups is 1. The Kier molecular flexibility index (Phi) is 4.15. The highest BCUT2D eigenvalue weighted by Gasteiger charge is 2.23. The molecule has 0 bridgehead atoms. The maximum Gasteiger partial charge on any atom is 0.224 e. The number of carbonyl (C=O) groups excluding carboxylic acids is 1. The zero-order valence-electron chi connectivity index (χ0n) is 10.1. The van der Waals surface area contributed by atoms with Crippen LogP contribution < -0.4 is 11.1 Å². The van der Waals surface area contributed by atoms with Gasteiger partial charge in [-0.05, 0) is 31.2 Å². The predicted octanol–water partition coefficient (Wildman–Crippen LogP) is 1.47. The molecule has 1 saturated carbocycles. The van der Waals surface area contributed by atoms with Gasteiger partial charge in [0.25, 0.3) is 0 Å². The molecular formula is C14H20N2O. The van der Waals surface area contributed by atoms with Crippen molar-refractivity contribution < 1.29 is 4.79 Å². The molecule has 1 atom stereocenters. The van der Waals surface area contributed by atoms with Crippen LogP contribution in [0.1, 0.15) is 24.8 Å². The second-order valence-corrected chi connectivity index (χ2v) is 4.76. The fourth-order valence-corrected chi connectivity index (χ4v) is 2.05. The summed E-state index contributed by atoms with van der Waals surface area (Å²) in [4.78, 5) is 12.0. The lowest BCUT2D eigenvalue weighted by Gasteiger charge is -2.28. The number of hydrogen-bond donors (Lipinski definition) is 2. The van der Waals surface area contributed by atoms with Crippen LogP contribution in [0.4, 0.5) is 0 Å². The third-order valence-electron chi connectivity index (χ3n) is 3.43. The van der Waals surface area contributed by atoms with E-state index in [0.717, 1.165) is 19.3 Å². The van der Waals surface area contributed by atoms with Gasteiger partial charge in [0.1, 0.15) is 0 Å². The molecule has 0 radical (unpaired) electrons. The molecular weight excluding hydrogens is 212 g/mol. The molecule has 0 saturated heterocycles. The highest BCUT2D eigenvalue weighted by atomic mass is 16.1. The summed E-state index contributed by atoms with van der Waals surface area (Å²) in [6, 6.07) is 10.4. The Hall–Kier alpha value is -1.35. The number of benzene rings is 1. The third-order valence-corrected chi connectivity index (χ3v) is 3.43. The molecule has 1 aliphatic carbocycles. The monoisotopic (exact) mass is 232 g/mol. The summed E-state index contributed by atoms with van der Waals surface area (Å²) in [5, 5.41) is 3.07. The Balaban J connectivity index is 1.89. The average Bonchev–Trinajstić information content (AvgIpc) is 2.32. The highest BCUT2D eigenvalue weighted by molar-refractivity contribution is 5.79. The van der Waals surface area contributed by atoms with Crippen molar-refractivity contribution in [2.24, 2.45) is 11.7 Å². The zero-order valence-corrected chi connectivity index (χ0v) is 10.1. The molecule has 1 unspecified atom stereocenters. The van der Waals surface area contributed by atoms with Crippen LogP contribution in [0.25, 0.3) is 0 Å². The summed E-state index contributed by atoms with van der Waals surface area (Å²) < 4.78 is 0. The van der Waals surface area contributed by atoms with Gasteiger partial charge >= 0.3 is 0 Å². The van der Waals surface area contributed by atoms with E-state index in [1.807, 2.05) is 30.3 Å². The fourth-order valence-electron chi connectivity index (χ4n) is 2.05. The van der Waals surface area contributed by atoms with Crippen LogP contribution in [-0.2, 0) is 11.2 Å². The van der Waals surface area contributed by atoms with E-state index in [0.29, 0.717) is 12.6 Å². The van der Waals surface area contributed by atoms with Crippen LogP contribution in [0, 0.1) is 5.92 Å². The normalized spacial score (nSPS) is 17.2. The smallest absolute Gasteiger partial charge is 0.224 e. The topological polar surface area (TPSA) is 55.1 Å². The molecule has 0 aliphatic heterocycles. The van der Waals surface area contributed by atoms with Crippen molar-refractivity contribution in [1.82, 2.24) is 5.32 Å². The first-order valence-electron chi connectivity index (χ1n) is 6.34. The van der Waals surface area contributed by atoms with Gasteiger partial charge in [-0.1, -0.05) is 30.3 Å². The van der Waals surface area contributed by atoms with Crippen molar-refractivity contribution in [2.75, 3.05) is 6.54 Å². The van der Waals surface area contributed by atoms with Crippen molar-refractivity contribution in [3.05, 3.63) is 35.9 Å². The molecule has 1 fully saturated rings. The van der Waals surface area contributed by atoms with E-state index in [4.69, 9.17) is 5.73 Å². The van der Waals surface area contributed by atoms with Crippen LogP contribution >= 0.6 is 0 Å². The van der Waals surface area contributed by atoms with Crippen LogP contribution in [0.2, 0.25) is 0 Å². The van der Waals surface area contributed by atoms with Crippen LogP contribution in [-0.4, -0.2) is 18.5 Å². The van der Waals surface area contributed by atoms with E-state index < -0.39 is 0 Å². The van der Waals surface area contributed by atoms with E-state index in [2.05, 4.69) is 5.32 Å². The predicted molar refractivity (Wildman–Crippen MR) is 68.5 cm³/mol. The van der Waals surface area contributed by atoms with Gasteiger partial charge in [0, 0.05) is 12.6 Å². The van der Waals surface area contributed by atoms with Gasteiger partial charge in [-0.2, -0.15) is 0 Å². The first-order chi connectivity index (χ1) is 8.29. The molecule has 17 heavy (non-hydrogen) atoms. The number of nitrogens with one attached hydrogen (secondary N) is 1. The van der Waals surface area contributed by atoms with Crippen molar-refractivity contribution in [2.45, 2.75) is 31.7 Å². The molecule has 0 heterocycles. The minimum Gasteiger partial charge on any atom is -0.353 e. The summed E-state index contributed by atoms with van der Waals surface area (Å²) in [5.74, 6) is 0.0130. The molecule has 0 spiro atoms. The van der Waals surface area contributed by atoms with Gasteiger partial charge in [0.05, 0.1) is 5.92 Å². The molecule has 3 heteroatoms. The number of amides is 1. The van der Waals surface area contributed by atoms with Crippen molar-refractivity contribution in [3.8, 4) is 0 Å². The Labute approximate surface area is 102 Å². The summed E-state index contributed by atoms with van der Waals surface area (Å²) >= 11 is 0. The second-order valence-electron chi connectivity index (χ2n) is 4.76. The van der Waals surface area contributed by atoms with E-state index >= 15 is 0 Å². The van der Waals surface area contributed by atoms with E-state index in [1.54, 1.807) is 0 Å². The van der Waals surface area contributed by atoms with Crippen molar-refractivity contribution in [1.29, 1.82) is 0 Å². The molecule has 3 N–H and O–H groups in total. The van der Waals surface area contributed by atoms with Gasteiger partial charge in [0.15, 0.2) is 0 Å². The lowest BCUT2D eigenvalue weighted by atomic mass is 9.91. The molecule has 92 valence electrons. The first-order valence-corrected chi connectivity index (χ1v) is 6.34. The van der Waals surface area contributed by atoms with Gasteiger partial charge in [0.2, 0.25) is 5.91 Å². The standard InChI is InChI=1S/C14H20N2O/c15-10-12(9-11-5-2-1-3-6-11)14(17)16-13-7-4-8-13/h1-3,5-6,12-13H,4,7-10,15H2,(H,16,17). The van der Waals surface area contributed by atoms with Crippen molar-refractivity contribution >= 4 is 5.91 Å². The number of nitrogens with two attached hydrogens (primary N) is 1. The Morgan fingerprint density at radius 2 is 2.06 bits per heavy atom. The summed E-state index contributed by atoms with van der Waals surface area (Å²) in [5.41, 5.74) is 6.87. The maximum absolute atomic E-state index is 12.0. The summed E-state index contributed by atoms with van der Waals surface area (Å²) in [7, 11) is 0. The molecule has 1 aromatic rings. The van der Waals surface area contributed by atoms with E-state index in [1.165, 1.54) is 12.0 Å². The van der Waals surface area contributed by atoms with Gasteiger partial charge in [-0.25, -0.2) is 0 Å². The zero-order chi connectivity index (χ0) is 12.1. The van der Waals surface area contributed by atoms with Gasteiger partial charge in [-0.15, -0.1) is 0 Å². The molecule has 1 amide bonds. The highest BCUT2D eigenvalue weighted by Crippen LogP contribution is 2.19. The third kappa shape index (κ3) is 3.30. The van der Waals surface area contributed by atoms with Crippen LogP contribution in [0.15, 0.2) is 30.3 Å². The average molecular weight is 232 g/mol. The van der Waals surface area contributed by atoms with E-state index in [-0.39, 0.29) is 11.8 Å². The summed E-state index contributed by atoms with van der Waals surface area (Å²) in [6.07, 6.45) is 4.20. The Morgan fingerprint density at radius 1 is 1.35 bits per heavy atom. The van der Waals surface area contributed by atoms with Crippen molar-refractivity contribution in [3.63, 3.8) is 0 Å². The van der Waals surface area contributed by atoms with E-state index in [9.17, 15) is 4.79 Å². The quantitative estimate of drug-likeness (QED) is 0.807. The molecule has 1 aliphatic rings. The van der Waals surface area contributed by atoms with Crippen LogP contribution in [0.3, 0.4) is 0 Å².